The minimum atomic E-state index is -4.18. The molecule has 5 N–H and O–H groups in total. The largest absolute Gasteiger partial charge is 0.496 e. The molecule has 0 aliphatic rings. The van der Waals surface area contributed by atoms with Gasteiger partial charge in [0.1, 0.15) is 11.8 Å². The first kappa shape index (κ1) is 22.3. The molecule has 156 valence electrons. The molecule has 0 saturated heterocycles. The van der Waals surface area contributed by atoms with Crippen LogP contribution in [0.25, 0.3) is 0 Å². The van der Waals surface area contributed by atoms with Gasteiger partial charge in [-0.05, 0) is 24.1 Å². The Bertz CT molecular complexity index is 963. The number of aliphatic carboxylic acids is 1. The van der Waals surface area contributed by atoms with Crippen LogP contribution < -0.4 is 20.5 Å². The minimum Gasteiger partial charge on any atom is -0.496 e. The van der Waals surface area contributed by atoms with Crippen LogP contribution in [-0.4, -0.2) is 51.6 Å². The van der Waals surface area contributed by atoms with Gasteiger partial charge in [-0.15, -0.1) is 0 Å². The smallest absolute Gasteiger partial charge is 0.322 e. The van der Waals surface area contributed by atoms with Crippen LogP contribution in [0, 0.1) is 0 Å². The summed E-state index contributed by atoms with van der Waals surface area (Å²) in [4.78, 5) is 23.5. The molecule has 2 aromatic carbocycles. The average Bonchev–Trinajstić information content (AvgIpc) is 2.71. The summed E-state index contributed by atoms with van der Waals surface area (Å²) >= 11 is 0. The molecular formula is C19H23N3O6S. The molecule has 0 aliphatic heterocycles. The molecule has 1 amide bonds. The van der Waals surface area contributed by atoms with Crippen LogP contribution in [-0.2, 0) is 21.2 Å². The molecule has 0 radical (unpaired) electrons. The number of ether oxygens (including phenoxy) is 1. The second-order valence-corrected chi connectivity index (χ2v) is 7.82. The lowest BCUT2D eigenvalue weighted by atomic mass is 10.1. The van der Waals surface area contributed by atoms with Crippen molar-refractivity contribution in [1.82, 2.24) is 10.0 Å². The Hall–Kier alpha value is -2.95. The van der Waals surface area contributed by atoms with Crippen LogP contribution >= 0.6 is 0 Å². The molecule has 10 heteroatoms. The summed E-state index contributed by atoms with van der Waals surface area (Å²) in [5.74, 6) is -1.73. The van der Waals surface area contributed by atoms with E-state index in [4.69, 9.17) is 10.5 Å². The Morgan fingerprint density at radius 2 is 1.86 bits per heavy atom. The molecule has 2 rings (SSSR count). The minimum absolute atomic E-state index is 0.0217. The molecule has 0 spiro atoms. The highest BCUT2D eigenvalue weighted by atomic mass is 32.2. The molecule has 2 aromatic rings. The Kier molecular flexibility index (Phi) is 7.71. The van der Waals surface area contributed by atoms with Gasteiger partial charge in [-0.25, -0.2) is 8.42 Å². The third kappa shape index (κ3) is 6.01. The van der Waals surface area contributed by atoms with E-state index in [1.54, 1.807) is 30.3 Å². The summed E-state index contributed by atoms with van der Waals surface area (Å²) < 4.78 is 32.7. The number of rotatable bonds is 10. The molecule has 1 unspecified atom stereocenters. The molecular weight excluding hydrogens is 398 g/mol. The van der Waals surface area contributed by atoms with Crippen molar-refractivity contribution in [2.24, 2.45) is 5.73 Å². The molecule has 0 aromatic heterocycles. The summed E-state index contributed by atoms with van der Waals surface area (Å²) in [5.41, 5.74) is 6.16. The fraction of sp³-hybridized carbons (Fsp3) is 0.263. The van der Waals surface area contributed by atoms with Gasteiger partial charge in [0.05, 0.1) is 17.6 Å². The van der Waals surface area contributed by atoms with Crippen molar-refractivity contribution in [3.8, 4) is 5.75 Å². The van der Waals surface area contributed by atoms with E-state index in [1.807, 2.05) is 0 Å². The molecule has 0 heterocycles. The number of carbonyl (C=O) groups is 2. The predicted molar refractivity (Wildman–Crippen MR) is 106 cm³/mol. The van der Waals surface area contributed by atoms with E-state index < -0.39 is 27.9 Å². The zero-order chi connectivity index (χ0) is 21.4. The normalized spacial score (nSPS) is 12.2. The van der Waals surface area contributed by atoms with Crippen molar-refractivity contribution in [3.63, 3.8) is 0 Å². The van der Waals surface area contributed by atoms with Gasteiger partial charge in [0.25, 0.3) is 5.91 Å². The zero-order valence-corrected chi connectivity index (χ0v) is 16.6. The number of carboxylic acid groups (broad SMARTS) is 1. The molecule has 0 saturated carbocycles. The van der Waals surface area contributed by atoms with Gasteiger partial charge in [-0.2, -0.15) is 4.72 Å². The summed E-state index contributed by atoms with van der Waals surface area (Å²) in [6.07, 6.45) is -0.0217. The number of carbonyl (C=O) groups excluding carboxylic acids is 1. The Balaban J connectivity index is 2.26. The molecule has 1 atom stereocenters. The first-order chi connectivity index (χ1) is 13.8. The number of hydrogen-bond donors (Lipinski definition) is 4. The molecule has 9 nitrogen and oxygen atoms in total. The average molecular weight is 421 g/mol. The monoisotopic (exact) mass is 421 g/mol. The van der Waals surface area contributed by atoms with Gasteiger partial charge in [-0.3, -0.25) is 9.59 Å². The van der Waals surface area contributed by atoms with E-state index in [2.05, 4.69) is 10.0 Å². The van der Waals surface area contributed by atoms with Crippen LogP contribution in [0.1, 0.15) is 15.9 Å². The van der Waals surface area contributed by atoms with Crippen molar-refractivity contribution in [1.29, 1.82) is 0 Å². The zero-order valence-electron chi connectivity index (χ0n) is 15.8. The van der Waals surface area contributed by atoms with Crippen molar-refractivity contribution in [2.75, 3.05) is 20.2 Å². The lowest BCUT2D eigenvalue weighted by Gasteiger charge is -2.16. The Morgan fingerprint density at radius 3 is 2.45 bits per heavy atom. The molecule has 0 aliphatic carbocycles. The van der Waals surface area contributed by atoms with Gasteiger partial charge < -0.3 is 20.9 Å². The van der Waals surface area contributed by atoms with Crippen LogP contribution in [0.3, 0.4) is 0 Å². The van der Waals surface area contributed by atoms with Crippen molar-refractivity contribution in [3.05, 3.63) is 59.7 Å². The van der Waals surface area contributed by atoms with E-state index in [9.17, 15) is 23.1 Å². The maximum atomic E-state index is 12.7. The van der Waals surface area contributed by atoms with Crippen molar-refractivity contribution < 1.29 is 27.9 Å². The summed E-state index contributed by atoms with van der Waals surface area (Å²) in [6.45, 7) is 0.506. The molecule has 0 bridgehead atoms. The second kappa shape index (κ2) is 10.0. The highest BCUT2D eigenvalue weighted by Crippen LogP contribution is 2.23. The van der Waals surface area contributed by atoms with Gasteiger partial charge in [-0.1, -0.05) is 30.3 Å². The van der Waals surface area contributed by atoms with Gasteiger partial charge in [0.15, 0.2) is 0 Å². The van der Waals surface area contributed by atoms with E-state index in [1.165, 1.54) is 25.3 Å². The summed E-state index contributed by atoms with van der Waals surface area (Å²) in [7, 11) is -2.88. The van der Waals surface area contributed by atoms with Gasteiger partial charge in [0.2, 0.25) is 10.0 Å². The maximum absolute atomic E-state index is 12.7. The molecule has 0 fully saturated rings. The van der Waals surface area contributed by atoms with Crippen LogP contribution in [0.5, 0.6) is 5.75 Å². The van der Waals surface area contributed by atoms with Crippen LogP contribution in [0.2, 0.25) is 0 Å². The van der Waals surface area contributed by atoms with Gasteiger partial charge >= 0.3 is 5.97 Å². The number of methoxy groups -OCH3 is 1. The Morgan fingerprint density at radius 1 is 1.17 bits per heavy atom. The summed E-state index contributed by atoms with van der Waals surface area (Å²) in [5, 5.41) is 12.0. The third-order valence-corrected chi connectivity index (χ3v) is 5.51. The fourth-order valence-corrected chi connectivity index (χ4v) is 3.80. The molecule has 29 heavy (non-hydrogen) atoms. The third-order valence-electron chi connectivity index (χ3n) is 4.04. The fourth-order valence-electron chi connectivity index (χ4n) is 2.59. The highest BCUT2D eigenvalue weighted by molar-refractivity contribution is 7.89. The number of carboxylic acids is 1. The van der Waals surface area contributed by atoms with E-state index in [0.29, 0.717) is 5.56 Å². The van der Waals surface area contributed by atoms with Gasteiger partial charge in [0, 0.05) is 19.2 Å². The number of nitrogens with two attached hydrogens (primary N) is 1. The first-order valence-corrected chi connectivity index (χ1v) is 10.2. The highest BCUT2D eigenvalue weighted by Gasteiger charge is 2.27. The SMILES string of the molecule is COc1cc(S(=O)(=O)NC(Cc2ccccc2)C(=O)O)ccc1C(=O)NCCN. The van der Waals surface area contributed by atoms with Crippen molar-refractivity contribution >= 4 is 21.9 Å². The van der Waals surface area contributed by atoms with Crippen LogP contribution in [0.15, 0.2) is 53.4 Å². The topological polar surface area (TPSA) is 148 Å². The number of sulfonamides is 1. The van der Waals surface area contributed by atoms with Crippen molar-refractivity contribution in [2.45, 2.75) is 17.4 Å². The maximum Gasteiger partial charge on any atom is 0.322 e. The van der Waals surface area contributed by atoms with E-state index in [-0.39, 0.29) is 35.7 Å². The first-order valence-electron chi connectivity index (χ1n) is 8.74. The standard InChI is InChI=1S/C19H23N3O6S/c1-28-17-12-14(7-8-15(17)18(23)21-10-9-20)29(26,27)22-16(19(24)25)11-13-5-3-2-4-6-13/h2-8,12,16,22H,9-11,20H2,1H3,(H,21,23)(H,24,25). The second-order valence-electron chi connectivity index (χ2n) is 6.11. The Labute approximate surface area is 168 Å². The predicted octanol–water partition coefficient (Wildman–Crippen LogP) is 0.358. The lowest BCUT2D eigenvalue weighted by Crippen LogP contribution is -2.42. The van der Waals surface area contributed by atoms with Crippen LogP contribution in [0.4, 0.5) is 0 Å². The summed E-state index contributed by atoms with van der Waals surface area (Å²) in [6, 6.07) is 11.0. The number of benzene rings is 2. The number of hydrogen-bond acceptors (Lipinski definition) is 6. The number of amides is 1. The number of nitrogens with one attached hydrogen (secondary N) is 2. The van der Waals surface area contributed by atoms with E-state index >= 15 is 0 Å². The van der Waals surface area contributed by atoms with E-state index in [0.717, 1.165) is 0 Å². The quantitative estimate of drug-likeness (QED) is 0.433. The lowest BCUT2D eigenvalue weighted by molar-refractivity contribution is -0.138.